The molecule has 2 N–H and O–H groups in total. The number of guanidine groups is 1. The van der Waals surface area contributed by atoms with Crippen LogP contribution < -0.4 is 15.4 Å². The Morgan fingerprint density at radius 2 is 2.10 bits per heavy atom. The highest BCUT2D eigenvalue weighted by Crippen LogP contribution is 2.26. The van der Waals surface area contributed by atoms with Gasteiger partial charge in [0.25, 0.3) is 0 Å². The molecule has 2 aliphatic rings. The number of hydrogen-bond acceptors (Lipinski definition) is 5. The van der Waals surface area contributed by atoms with Gasteiger partial charge in [-0.05, 0) is 49.7 Å². The van der Waals surface area contributed by atoms with E-state index < -0.39 is 0 Å². The zero-order valence-corrected chi connectivity index (χ0v) is 19.0. The number of rotatable bonds is 6. The maximum atomic E-state index is 6.14. The van der Waals surface area contributed by atoms with Crippen LogP contribution in [0, 0.1) is 5.92 Å². The zero-order valence-electron chi connectivity index (χ0n) is 19.0. The molecule has 0 amide bonds. The first-order valence-electron chi connectivity index (χ1n) is 11.6. The van der Waals surface area contributed by atoms with Crippen molar-refractivity contribution in [3.05, 3.63) is 35.5 Å². The molecule has 0 saturated heterocycles. The molecule has 168 valence electrons. The molecule has 0 spiro atoms. The van der Waals surface area contributed by atoms with Gasteiger partial charge in [0, 0.05) is 44.7 Å². The first kappa shape index (κ1) is 21.6. The maximum Gasteiger partial charge on any atom is 0.213 e. The summed E-state index contributed by atoms with van der Waals surface area (Å²) in [6.45, 7) is 5.90. The van der Waals surface area contributed by atoms with Crippen molar-refractivity contribution in [1.29, 1.82) is 0 Å². The van der Waals surface area contributed by atoms with Gasteiger partial charge >= 0.3 is 0 Å². The topological polar surface area (TPSA) is 89.2 Å². The summed E-state index contributed by atoms with van der Waals surface area (Å²) in [6.07, 6.45) is 9.68. The number of aliphatic imine (C=N–C) groups is 1. The van der Waals surface area contributed by atoms with Crippen molar-refractivity contribution in [2.24, 2.45) is 10.9 Å². The van der Waals surface area contributed by atoms with Gasteiger partial charge in [0.05, 0.1) is 6.54 Å². The summed E-state index contributed by atoms with van der Waals surface area (Å²) in [5, 5.41) is 11.5. The first-order valence-corrected chi connectivity index (χ1v) is 11.6. The van der Waals surface area contributed by atoms with E-state index >= 15 is 0 Å². The summed E-state index contributed by atoms with van der Waals surface area (Å²) >= 11 is 0. The molecule has 1 aliphatic heterocycles. The van der Waals surface area contributed by atoms with Crippen LogP contribution in [0.1, 0.15) is 63.2 Å². The number of aryl methyl sites for hydroxylation is 2. The zero-order chi connectivity index (χ0) is 21.6. The van der Waals surface area contributed by atoms with E-state index in [1.165, 1.54) is 12.8 Å². The van der Waals surface area contributed by atoms with Crippen molar-refractivity contribution in [2.45, 2.75) is 84.0 Å². The minimum absolute atomic E-state index is 0.287. The number of fused-ring (bicyclic) bond motifs is 1. The van der Waals surface area contributed by atoms with Gasteiger partial charge in [-0.3, -0.25) is 4.99 Å². The quantitative estimate of drug-likeness (QED) is 0.546. The van der Waals surface area contributed by atoms with Crippen LogP contribution in [-0.4, -0.2) is 44.9 Å². The fourth-order valence-corrected chi connectivity index (χ4v) is 4.34. The molecule has 1 fully saturated rings. The molecule has 1 unspecified atom stereocenters. The lowest BCUT2D eigenvalue weighted by molar-refractivity contribution is 0.130. The number of ether oxygens (including phenoxy) is 1. The fraction of sp³-hybridized carbons (Fsp3) is 0.652. The van der Waals surface area contributed by atoms with E-state index in [9.17, 15) is 0 Å². The number of pyridine rings is 1. The molecule has 3 heterocycles. The predicted octanol–water partition coefficient (Wildman–Crippen LogP) is 2.87. The Labute approximate surface area is 184 Å². The Morgan fingerprint density at radius 1 is 1.26 bits per heavy atom. The van der Waals surface area contributed by atoms with E-state index in [4.69, 9.17) is 4.74 Å². The van der Waals surface area contributed by atoms with E-state index in [2.05, 4.69) is 44.5 Å². The van der Waals surface area contributed by atoms with Crippen LogP contribution in [0.2, 0.25) is 0 Å². The van der Waals surface area contributed by atoms with Gasteiger partial charge in [0.15, 0.2) is 11.8 Å². The summed E-state index contributed by atoms with van der Waals surface area (Å²) in [5.41, 5.74) is 1.13. The van der Waals surface area contributed by atoms with Crippen LogP contribution in [0.5, 0.6) is 5.88 Å². The molecule has 4 rings (SSSR count). The van der Waals surface area contributed by atoms with Gasteiger partial charge in [0.1, 0.15) is 11.9 Å². The lowest BCUT2D eigenvalue weighted by atomic mass is 9.89. The molecule has 2 aromatic heterocycles. The van der Waals surface area contributed by atoms with Crippen LogP contribution in [-0.2, 0) is 25.9 Å². The molecule has 1 aliphatic carbocycles. The summed E-state index contributed by atoms with van der Waals surface area (Å²) < 4.78 is 8.18. The Balaban J connectivity index is 1.28. The monoisotopic (exact) mass is 425 g/mol. The molecule has 8 heteroatoms. The van der Waals surface area contributed by atoms with Gasteiger partial charge in [-0.2, -0.15) is 5.10 Å². The van der Waals surface area contributed by atoms with Crippen molar-refractivity contribution in [3.63, 3.8) is 0 Å². The van der Waals surface area contributed by atoms with Crippen molar-refractivity contribution in [3.8, 4) is 5.88 Å². The number of nitrogens with zero attached hydrogens (tertiary/aromatic N) is 5. The normalized spacial score (nSPS) is 23.8. The largest absolute Gasteiger partial charge is 0.474 e. The SMILES string of the molecule is CCc1nc2n(n1)CC(NC(=NC)NCc1ccnc(OC3CCC(C)CC3)c1)CC2. The molecule has 1 atom stereocenters. The minimum Gasteiger partial charge on any atom is -0.474 e. The molecular formula is C23H35N7O. The van der Waals surface area contributed by atoms with Gasteiger partial charge < -0.3 is 15.4 Å². The summed E-state index contributed by atoms with van der Waals surface area (Å²) in [4.78, 5) is 13.4. The van der Waals surface area contributed by atoms with Gasteiger partial charge in [-0.1, -0.05) is 13.8 Å². The van der Waals surface area contributed by atoms with E-state index in [0.29, 0.717) is 12.6 Å². The van der Waals surface area contributed by atoms with Crippen molar-refractivity contribution >= 4 is 5.96 Å². The Bertz CT molecular complexity index is 886. The molecule has 0 aromatic carbocycles. The Kier molecular flexibility index (Phi) is 7.04. The molecule has 31 heavy (non-hydrogen) atoms. The van der Waals surface area contributed by atoms with Crippen LogP contribution in [0.25, 0.3) is 0 Å². The smallest absolute Gasteiger partial charge is 0.213 e. The average molecular weight is 426 g/mol. The third kappa shape index (κ3) is 5.74. The van der Waals surface area contributed by atoms with Gasteiger partial charge in [-0.15, -0.1) is 0 Å². The van der Waals surface area contributed by atoms with Gasteiger partial charge in [-0.25, -0.2) is 14.6 Å². The Morgan fingerprint density at radius 3 is 2.87 bits per heavy atom. The average Bonchev–Trinajstić information content (AvgIpc) is 3.21. The summed E-state index contributed by atoms with van der Waals surface area (Å²) in [6, 6.07) is 4.34. The second kappa shape index (κ2) is 10.1. The van der Waals surface area contributed by atoms with E-state index in [1.54, 1.807) is 7.05 Å². The van der Waals surface area contributed by atoms with E-state index in [1.807, 2.05) is 23.0 Å². The predicted molar refractivity (Wildman–Crippen MR) is 121 cm³/mol. The molecule has 1 saturated carbocycles. The minimum atomic E-state index is 0.287. The molecule has 0 radical (unpaired) electrons. The molecule has 8 nitrogen and oxygen atoms in total. The first-order chi connectivity index (χ1) is 15.1. The Hall–Kier alpha value is -2.64. The van der Waals surface area contributed by atoms with E-state index in [-0.39, 0.29) is 6.04 Å². The van der Waals surface area contributed by atoms with Crippen LogP contribution >= 0.6 is 0 Å². The third-order valence-corrected chi connectivity index (χ3v) is 6.29. The third-order valence-electron chi connectivity index (χ3n) is 6.29. The molecular weight excluding hydrogens is 390 g/mol. The lowest BCUT2D eigenvalue weighted by Crippen LogP contribution is -2.46. The molecule has 2 aromatic rings. The highest BCUT2D eigenvalue weighted by Gasteiger charge is 2.22. The van der Waals surface area contributed by atoms with Crippen LogP contribution in [0.4, 0.5) is 0 Å². The van der Waals surface area contributed by atoms with Crippen molar-refractivity contribution in [1.82, 2.24) is 30.4 Å². The second-order valence-corrected chi connectivity index (χ2v) is 8.79. The number of nitrogens with one attached hydrogen (secondary N) is 2. The van der Waals surface area contributed by atoms with Crippen LogP contribution in [0.15, 0.2) is 23.3 Å². The fourth-order valence-electron chi connectivity index (χ4n) is 4.34. The van der Waals surface area contributed by atoms with Gasteiger partial charge in [0.2, 0.25) is 5.88 Å². The highest BCUT2D eigenvalue weighted by molar-refractivity contribution is 5.79. The van der Waals surface area contributed by atoms with E-state index in [0.717, 1.165) is 73.6 Å². The second-order valence-electron chi connectivity index (χ2n) is 8.79. The maximum absolute atomic E-state index is 6.14. The number of hydrogen-bond donors (Lipinski definition) is 2. The molecule has 0 bridgehead atoms. The lowest BCUT2D eigenvalue weighted by Gasteiger charge is -2.26. The summed E-state index contributed by atoms with van der Waals surface area (Å²) in [5.74, 6) is 4.35. The van der Waals surface area contributed by atoms with Crippen LogP contribution in [0.3, 0.4) is 0 Å². The van der Waals surface area contributed by atoms with Crippen molar-refractivity contribution < 1.29 is 4.74 Å². The number of aromatic nitrogens is 4. The highest BCUT2D eigenvalue weighted by atomic mass is 16.5. The summed E-state index contributed by atoms with van der Waals surface area (Å²) in [7, 11) is 1.80. The standard InChI is InChI=1S/C23H35N7O/c1-4-20-28-21-10-7-18(15-30(21)29-20)27-23(24-3)26-14-17-11-12-25-22(13-17)31-19-8-5-16(2)6-9-19/h11-13,16,18-19H,4-10,14-15H2,1-3H3,(H2,24,26,27). The van der Waals surface area contributed by atoms with Crippen molar-refractivity contribution in [2.75, 3.05) is 7.05 Å².